The Kier molecular flexibility index (Phi) is 4.83. The van der Waals surface area contributed by atoms with Crippen LogP contribution in [0.5, 0.6) is 0 Å². The van der Waals surface area contributed by atoms with Gasteiger partial charge in [-0.15, -0.1) is 0 Å². The van der Waals surface area contributed by atoms with Gasteiger partial charge in [-0.3, -0.25) is 4.79 Å². The van der Waals surface area contributed by atoms with E-state index in [-0.39, 0.29) is 12.3 Å². The summed E-state index contributed by atoms with van der Waals surface area (Å²) in [5.41, 5.74) is 4.26. The molecule has 2 aromatic carbocycles. The molecule has 0 saturated carbocycles. The van der Waals surface area contributed by atoms with Crippen molar-refractivity contribution in [3.8, 4) is 0 Å². The fourth-order valence-electron chi connectivity index (χ4n) is 2.41. The van der Waals surface area contributed by atoms with Crippen molar-refractivity contribution in [2.45, 2.75) is 12.5 Å². The van der Waals surface area contributed by atoms with E-state index in [4.69, 9.17) is 27.9 Å². The summed E-state index contributed by atoms with van der Waals surface area (Å²) in [6.45, 7) is 0. The Morgan fingerprint density at radius 2 is 1.92 bits per heavy atom. The van der Waals surface area contributed by atoms with Crippen LogP contribution in [-0.4, -0.2) is 18.1 Å². The topological polar surface area (TPSA) is 67.8 Å². The van der Waals surface area contributed by atoms with E-state index < -0.39 is 12.1 Å². The van der Waals surface area contributed by atoms with Crippen LogP contribution in [0.2, 0.25) is 10.0 Å². The molecule has 1 amide bonds. The Balaban J connectivity index is 1.61. The van der Waals surface area contributed by atoms with Gasteiger partial charge in [0.05, 0.1) is 18.2 Å². The summed E-state index contributed by atoms with van der Waals surface area (Å²) < 4.78 is 5.21. The number of cyclic esters (lactones) is 1. The molecule has 1 aliphatic heterocycles. The summed E-state index contributed by atoms with van der Waals surface area (Å²) in [4.78, 5) is 23.7. The van der Waals surface area contributed by atoms with Gasteiger partial charge in [-0.25, -0.2) is 10.2 Å². The second-order valence-corrected chi connectivity index (χ2v) is 6.05. The van der Waals surface area contributed by atoms with Crippen molar-refractivity contribution < 1.29 is 14.3 Å². The van der Waals surface area contributed by atoms with Gasteiger partial charge in [0.15, 0.2) is 0 Å². The lowest BCUT2D eigenvalue weighted by atomic mass is 10.0. The molecule has 7 heteroatoms. The summed E-state index contributed by atoms with van der Waals surface area (Å²) in [5.74, 6) is -0.783. The zero-order chi connectivity index (χ0) is 17.1. The minimum atomic E-state index is -0.593. The van der Waals surface area contributed by atoms with Gasteiger partial charge in [-0.1, -0.05) is 41.4 Å². The normalized spacial score (nSPS) is 16.1. The van der Waals surface area contributed by atoms with E-state index in [9.17, 15) is 9.59 Å². The highest BCUT2D eigenvalue weighted by Crippen LogP contribution is 2.32. The van der Waals surface area contributed by atoms with E-state index in [0.29, 0.717) is 26.7 Å². The molecular formula is C17H12Cl2N2O3. The van der Waals surface area contributed by atoms with Crippen LogP contribution in [0.4, 0.5) is 0 Å². The molecule has 1 N–H and O–H groups in total. The number of fused-ring (bicyclic) bond motifs is 1. The standard InChI is InChI=1S/C17H12Cl2N2O3/c18-11-5-10(6-12(19)7-11)9-20-21-16(22)8-15-13-3-1-2-4-14(13)17(23)24-15/h1-7,9,15H,8H2,(H,21,22)/b20-9+. The van der Waals surface area contributed by atoms with Gasteiger partial charge in [0.2, 0.25) is 5.91 Å². The van der Waals surface area contributed by atoms with E-state index in [2.05, 4.69) is 10.5 Å². The molecule has 5 nitrogen and oxygen atoms in total. The zero-order valence-electron chi connectivity index (χ0n) is 12.3. The number of hydrazone groups is 1. The van der Waals surface area contributed by atoms with E-state index in [1.807, 2.05) is 0 Å². The van der Waals surface area contributed by atoms with Crippen molar-refractivity contribution >= 4 is 41.3 Å². The SMILES string of the molecule is O=C(CC1OC(=O)c2ccccc21)N/N=C/c1cc(Cl)cc(Cl)c1. The molecule has 0 bridgehead atoms. The van der Waals surface area contributed by atoms with Gasteiger partial charge >= 0.3 is 5.97 Å². The maximum atomic E-state index is 12.0. The van der Waals surface area contributed by atoms with Crippen LogP contribution in [0.3, 0.4) is 0 Å². The first-order valence-electron chi connectivity index (χ1n) is 7.11. The van der Waals surface area contributed by atoms with E-state index in [1.165, 1.54) is 6.21 Å². The van der Waals surface area contributed by atoms with Crippen molar-refractivity contribution in [2.75, 3.05) is 0 Å². The number of carbonyl (C=O) groups is 2. The van der Waals surface area contributed by atoms with Crippen LogP contribution < -0.4 is 5.43 Å². The summed E-state index contributed by atoms with van der Waals surface area (Å²) in [6, 6.07) is 11.9. The number of hydrogen-bond acceptors (Lipinski definition) is 4. The number of amides is 1. The first-order chi connectivity index (χ1) is 11.5. The number of carbonyl (C=O) groups excluding carboxylic acids is 2. The molecule has 0 saturated heterocycles. The second kappa shape index (κ2) is 7.03. The molecule has 0 aliphatic carbocycles. The Hall–Kier alpha value is -2.37. The summed E-state index contributed by atoms with van der Waals surface area (Å²) in [6.07, 6.45) is 0.838. The molecule has 0 aromatic heterocycles. The van der Waals surface area contributed by atoms with E-state index in [0.717, 1.165) is 0 Å². The third kappa shape index (κ3) is 3.75. The van der Waals surface area contributed by atoms with Crippen molar-refractivity contribution in [3.63, 3.8) is 0 Å². The monoisotopic (exact) mass is 362 g/mol. The quantitative estimate of drug-likeness (QED) is 0.511. The zero-order valence-corrected chi connectivity index (χ0v) is 13.8. The Morgan fingerprint density at radius 3 is 2.67 bits per heavy atom. The van der Waals surface area contributed by atoms with Crippen LogP contribution in [0.1, 0.15) is 34.0 Å². The number of halogens is 2. The average molecular weight is 363 g/mol. The molecule has 1 aliphatic rings. The maximum Gasteiger partial charge on any atom is 0.339 e. The summed E-state index contributed by atoms with van der Waals surface area (Å²) in [7, 11) is 0. The number of nitrogens with one attached hydrogen (secondary N) is 1. The van der Waals surface area contributed by atoms with Crippen molar-refractivity contribution in [1.29, 1.82) is 0 Å². The fourth-order valence-corrected chi connectivity index (χ4v) is 2.96. The van der Waals surface area contributed by atoms with Crippen LogP contribution in [0, 0.1) is 0 Å². The van der Waals surface area contributed by atoms with Crippen LogP contribution in [0.25, 0.3) is 0 Å². The predicted octanol–water partition coefficient (Wildman–Crippen LogP) is 3.75. The highest BCUT2D eigenvalue weighted by molar-refractivity contribution is 6.35. The van der Waals surface area contributed by atoms with Gasteiger partial charge in [0, 0.05) is 15.6 Å². The van der Waals surface area contributed by atoms with Crippen LogP contribution in [0.15, 0.2) is 47.6 Å². The minimum absolute atomic E-state index is 0.00358. The molecule has 0 fully saturated rings. The molecule has 1 atom stereocenters. The Bertz CT molecular complexity index is 816. The highest BCUT2D eigenvalue weighted by Gasteiger charge is 2.31. The van der Waals surface area contributed by atoms with Gasteiger partial charge in [-0.05, 0) is 29.8 Å². The molecule has 1 heterocycles. The number of esters is 1. The number of nitrogens with zero attached hydrogens (tertiary/aromatic N) is 1. The van der Waals surface area contributed by atoms with Crippen molar-refractivity contribution in [3.05, 3.63) is 69.2 Å². The van der Waals surface area contributed by atoms with E-state index >= 15 is 0 Å². The van der Waals surface area contributed by atoms with Crippen LogP contribution >= 0.6 is 23.2 Å². The lowest BCUT2D eigenvalue weighted by molar-refractivity contribution is -0.122. The Morgan fingerprint density at radius 1 is 1.21 bits per heavy atom. The first kappa shape index (κ1) is 16.5. The number of benzene rings is 2. The smallest absolute Gasteiger partial charge is 0.339 e. The van der Waals surface area contributed by atoms with Gasteiger partial charge < -0.3 is 4.74 Å². The molecule has 1 unspecified atom stereocenters. The maximum absolute atomic E-state index is 12.0. The molecular weight excluding hydrogens is 351 g/mol. The summed E-state index contributed by atoms with van der Waals surface area (Å²) in [5, 5.41) is 4.81. The van der Waals surface area contributed by atoms with Crippen molar-refractivity contribution in [2.24, 2.45) is 5.10 Å². The third-order valence-corrected chi connectivity index (χ3v) is 3.87. The van der Waals surface area contributed by atoms with E-state index in [1.54, 1.807) is 42.5 Å². The average Bonchev–Trinajstić information content (AvgIpc) is 2.83. The first-order valence-corrected chi connectivity index (χ1v) is 7.86. The second-order valence-electron chi connectivity index (χ2n) is 5.18. The molecule has 2 aromatic rings. The lowest BCUT2D eigenvalue weighted by Gasteiger charge is -2.09. The molecule has 122 valence electrons. The molecule has 0 radical (unpaired) electrons. The summed E-state index contributed by atoms with van der Waals surface area (Å²) >= 11 is 11.8. The fraction of sp³-hybridized carbons (Fsp3) is 0.118. The van der Waals surface area contributed by atoms with Gasteiger partial charge in [0.1, 0.15) is 6.10 Å². The predicted molar refractivity (Wildman–Crippen MR) is 91.4 cm³/mol. The van der Waals surface area contributed by atoms with Gasteiger partial charge in [0.25, 0.3) is 0 Å². The lowest BCUT2D eigenvalue weighted by Crippen LogP contribution is -2.20. The number of hydrogen-bond donors (Lipinski definition) is 1. The molecule has 24 heavy (non-hydrogen) atoms. The van der Waals surface area contributed by atoms with Gasteiger partial charge in [-0.2, -0.15) is 5.10 Å². The third-order valence-electron chi connectivity index (χ3n) is 3.44. The van der Waals surface area contributed by atoms with Crippen molar-refractivity contribution in [1.82, 2.24) is 5.43 Å². The highest BCUT2D eigenvalue weighted by atomic mass is 35.5. The molecule has 0 spiro atoms. The number of rotatable bonds is 4. The Labute approximate surface area is 148 Å². The van der Waals surface area contributed by atoms with Crippen LogP contribution in [-0.2, 0) is 9.53 Å². The minimum Gasteiger partial charge on any atom is -0.453 e. The molecule has 3 rings (SSSR count). The largest absolute Gasteiger partial charge is 0.453 e. The number of ether oxygens (including phenoxy) is 1.